The van der Waals surface area contributed by atoms with Crippen molar-refractivity contribution in [1.29, 1.82) is 0 Å². The lowest BCUT2D eigenvalue weighted by molar-refractivity contribution is 0.204. The Morgan fingerprint density at radius 3 is 2.33 bits per heavy atom. The van der Waals surface area contributed by atoms with Gasteiger partial charge in [0.25, 0.3) is 0 Å². The number of rotatable bonds is 7. The first-order valence-electron chi connectivity index (χ1n) is 8.99. The van der Waals surface area contributed by atoms with Gasteiger partial charge in [-0.2, -0.15) is 0 Å². The van der Waals surface area contributed by atoms with Crippen LogP contribution in [0.15, 0.2) is 30.3 Å². The predicted molar refractivity (Wildman–Crippen MR) is 92.7 cm³/mol. The Bertz CT molecular complexity index is 384. The molecule has 0 heterocycles. The van der Waals surface area contributed by atoms with Crippen LogP contribution in [0.2, 0.25) is 0 Å². The Morgan fingerprint density at radius 2 is 1.71 bits per heavy atom. The molecule has 118 valence electrons. The zero-order valence-corrected chi connectivity index (χ0v) is 14.1. The Kier molecular flexibility index (Phi) is 6.76. The summed E-state index contributed by atoms with van der Waals surface area (Å²) < 4.78 is 0. The topological polar surface area (TPSA) is 12.0 Å². The van der Waals surface area contributed by atoms with Crippen molar-refractivity contribution in [3.05, 3.63) is 35.9 Å². The minimum Gasteiger partial charge on any atom is -0.314 e. The summed E-state index contributed by atoms with van der Waals surface area (Å²) in [6.45, 7) is 8.00. The first-order chi connectivity index (χ1) is 10.2. The Labute approximate surface area is 131 Å². The van der Waals surface area contributed by atoms with E-state index < -0.39 is 0 Å². The molecular weight excluding hydrogens is 254 g/mol. The van der Waals surface area contributed by atoms with Crippen LogP contribution in [0.4, 0.5) is 0 Å². The molecule has 0 bridgehead atoms. The summed E-state index contributed by atoms with van der Waals surface area (Å²) in [6.07, 6.45) is 8.53. The molecular formula is C20H33N. The predicted octanol–water partition coefficient (Wildman–Crippen LogP) is 5.37. The zero-order valence-electron chi connectivity index (χ0n) is 14.1. The zero-order chi connectivity index (χ0) is 15.1. The van der Waals surface area contributed by atoms with Gasteiger partial charge in [0.05, 0.1) is 0 Å². The van der Waals surface area contributed by atoms with Crippen molar-refractivity contribution in [2.75, 3.05) is 6.54 Å². The van der Waals surface area contributed by atoms with Crippen molar-refractivity contribution < 1.29 is 0 Å². The van der Waals surface area contributed by atoms with Crippen molar-refractivity contribution in [2.24, 2.45) is 11.8 Å². The molecule has 1 saturated carbocycles. The van der Waals surface area contributed by atoms with Gasteiger partial charge in [0.15, 0.2) is 0 Å². The molecule has 0 spiro atoms. The van der Waals surface area contributed by atoms with Crippen LogP contribution in [-0.4, -0.2) is 12.6 Å². The van der Waals surface area contributed by atoms with Crippen LogP contribution in [0.25, 0.3) is 0 Å². The van der Waals surface area contributed by atoms with Crippen LogP contribution in [-0.2, 0) is 0 Å². The van der Waals surface area contributed by atoms with Gasteiger partial charge in [0.1, 0.15) is 0 Å². The molecule has 3 atom stereocenters. The summed E-state index contributed by atoms with van der Waals surface area (Å²) >= 11 is 0. The van der Waals surface area contributed by atoms with Crippen LogP contribution < -0.4 is 5.32 Å². The second-order valence-corrected chi connectivity index (χ2v) is 7.12. The molecule has 21 heavy (non-hydrogen) atoms. The maximum Gasteiger partial charge on any atom is 0.00226 e. The standard InChI is InChI=1S/C20H33N/c1-4-17-10-8-9-13-19(17)14-20(15-21-16(2)3)18-11-6-5-7-12-18/h5-7,11-12,16-17,19-21H,4,8-10,13-15H2,1-3H3. The Morgan fingerprint density at radius 1 is 1.05 bits per heavy atom. The van der Waals surface area contributed by atoms with E-state index in [0.717, 1.165) is 18.4 Å². The highest BCUT2D eigenvalue weighted by Gasteiger charge is 2.27. The molecule has 1 aliphatic carbocycles. The monoisotopic (exact) mass is 287 g/mol. The van der Waals surface area contributed by atoms with E-state index >= 15 is 0 Å². The van der Waals surface area contributed by atoms with Crippen molar-refractivity contribution in [3.8, 4) is 0 Å². The fourth-order valence-corrected chi connectivity index (χ4v) is 3.94. The quantitative estimate of drug-likeness (QED) is 0.710. The van der Waals surface area contributed by atoms with E-state index in [1.807, 2.05) is 0 Å². The van der Waals surface area contributed by atoms with E-state index in [4.69, 9.17) is 0 Å². The molecule has 2 rings (SSSR count). The molecule has 0 radical (unpaired) electrons. The summed E-state index contributed by atoms with van der Waals surface area (Å²) in [6, 6.07) is 11.7. The molecule has 0 aliphatic heterocycles. The molecule has 1 aliphatic rings. The molecule has 1 aromatic carbocycles. The molecule has 3 unspecified atom stereocenters. The lowest BCUT2D eigenvalue weighted by Crippen LogP contribution is -2.30. The molecule has 0 aromatic heterocycles. The van der Waals surface area contributed by atoms with E-state index in [0.29, 0.717) is 12.0 Å². The number of benzene rings is 1. The van der Waals surface area contributed by atoms with Gasteiger partial charge in [-0.05, 0) is 29.7 Å². The second-order valence-electron chi connectivity index (χ2n) is 7.12. The fraction of sp³-hybridized carbons (Fsp3) is 0.700. The van der Waals surface area contributed by atoms with E-state index in [9.17, 15) is 0 Å². The minimum absolute atomic E-state index is 0.574. The third-order valence-corrected chi connectivity index (χ3v) is 5.22. The molecule has 1 aromatic rings. The van der Waals surface area contributed by atoms with Gasteiger partial charge in [0.2, 0.25) is 0 Å². The summed E-state index contributed by atoms with van der Waals surface area (Å²) in [5, 5.41) is 3.67. The first kappa shape index (κ1) is 16.5. The van der Waals surface area contributed by atoms with E-state index in [1.165, 1.54) is 44.1 Å². The fourth-order valence-electron chi connectivity index (χ4n) is 3.94. The first-order valence-corrected chi connectivity index (χ1v) is 8.99. The van der Waals surface area contributed by atoms with Crippen molar-refractivity contribution in [3.63, 3.8) is 0 Å². The largest absolute Gasteiger partial charge is 0.314 e. The van der Waals surface area contributed by atoms with Crippen molar-refractivity contribution >= 4 is 0 Å². The molecule has 0 amide bonds. The molecule has 1 nitrogen and oxygen atoms in total. The lowest BCUT2D eigenvalue weighted by atomic mass is 9.73. The maximum absolute atomic E-state index is 3.67. The average molecular weight is 287 g/mol. The van der Waals surface area contributed by atoms with Crippen molar-refractivity contribution in [1.82, 2.24) is 5.32 Å². The Hall–Kier alpha value is -0.820. The van der Waals surface area contributed by atoms with Gasteiger partial charge < -0.3 is 5.32 Å². The minimum atomic E-state index is 0.574. The third kappa shape index (κ3) is 5.14. The highest BCUT2D eigenvalue weighted by atomic mass is 14.9. The second kappa shape index (κ2) is 8.58. The van der Waals surface area contributed by atoms with E-state index in [-0.39, 0.29) is 0 Å². The van der Waals surface area contributed by atoms with Crippen LogP contribution in [0, 0.1) is 11.8 Å². The lowest BCUT2D eigenvalue weighted by Gasteiger charge is -2.34. The summed E-state index contributed by atoms with van der Waals surface area (Å²) in [5.74, 6) is 2.57. The molecule has 0 saturated heterocycles. The van der Waals surface area contributed by atoms with Crippen LogP contribution >= 0.6 is 0 Å². The van der Waals surface area contributed by atoms with Crippen LogP contribution in [0.5, 0.6) is 0 Å². The van der Waals surface area contributed by atoms with E-state index in [1.54, 1.807) is 0 Å². The number of hydrogen-bond acceptors (Lipinski definition) is 1. The van der Waals surface area contributed by atoms with Gasteiger partial charge in [-0.25, -0.2) is 0 Å². The summed E-state index contributed by atoms with van der Waals surface area (Å²) in [5.41, 5.74) is 1.52. The highest BCUT2D eigenvalue weighted by molar-refractivity contribution is 5.20. The van der Waals surface area contributed by atoms with Crippen molar-refractivity contribution in [2.45, 2.75) is 71.3 Å². The van der Waals surface area contributed by atoms with E-state index in [2.05, 4.69) is 56.4 Å². The molecule has 1 fully saturated rings. The van der Waals surface area contributed by atoms with Gasteiger partial charge >= 0.3 is 0 Å². The molecule has 1 heteroatoms. The SMILES string of the molecule is CCC1CCCCC1CC(CNC(C)C)c1ccccc1. The normalized spacial score (nSPS) is 24.2. The maximum atomic E-state index is 3.67. The summed E-state index contributed by atoms with van der Waals surface area (Å²) in [7, 11) is 0. The molecule has 1 N–H and O–H groups in total. The van der Waals surface area contributed by atoms with Gasteiger partial charge in [-0.15, -0.1) is 0 Å². The summed E-state index contributed by atoms with van der Waals surface area (Å²) in [4.78, 5) is 0. The third-order valence-electron chi connectivity index (χ3n) is 5.22. The smallest absolute Gasteiger partial charge is 0.00226 e. The average Bonchev–Trinajstić information content (AvgIpc) is 2.52. The van der Waals surface area contributed by atoms with Gasteiger partial charge in [0, 0.05) is 12.6 Å². The number of hydrogen-bond donors (Lipinski definition) is 1. The van der Waals surface area contributed by atoms with Crippen LogP contribution in [0.3, 0.4) is 0 Å². The van der Waals surface area contributed by atoms with Gasteiger partial charge in [-0.1, -0.05) is 83.2 Å². The number of nitrogens with one attached hydrogen (secondary N) is 1. The van der Waals surface area contributed by atoms with Gasteiger partial charge in [-0.3, -0.25) is 0 Å². The van der Waals surface area contributed by atoms with Crippen LogP contribution in [0.1, 0.15) is 70.8 Å². The Balaban J connectivity index is 2.04. The highest BCUT2D eigenvalue weighted by Crippen LogP contribution is 2.38.